The van der Waals surface area contributed by atoms with Crippen molar-refractivity contribution in [2.75, 3.05) is 34.3 Å². The third-order valence-corrected chi connectivity index (χ3v) is 9.41. The van der Waals surface area contributed by atoms with E-state index in [1.807, 2.05) is 24.3 Å². The van der Waals surface area contributed by atoms with E-state index in [4.69, 9.17) is 14.2 Å². The van der Waals surface area contributed by atoms with Gasteiger partial charge in [0, 0.05) is 36.3 Å². The Morgan fingerprint density at radius 2 is 1.49 bits per heavy atom. The molecular weight excluding hydrogens is 540 g/mol. The van der Waals surface area contributed by atoms with Crippen molar-refractivity contribution in [3.05, 3.63) is 106 Å². The van der Waals surface area contributed by atoms with Crippen LogP contribution in [0.5, 0.6) is 34.5 Å². The first kappa shape index (κ1) is 27.8. The number of phenolic OH excluding ortho intramolecular Hbond substituents is 1. The highest BCUT2D eigenvalue weighted by atomic mass is 16.5. The summed E-state index contributed by atoms with van der Waals surface area (Å²) in [6.45, 7) is 1.72. The molecule has 0 aromatic heterocycles. The minimum absolute atomic E-state index is 0.0209. The number of ether oxygens (including phenoxy) is 3. The molecule has 4 aliphatic heterocycles. The molecule has 8 rings (SSSR count). The molecule has 4 heterocycles. The first-order chi connectivity index (χ1) is 20.9. The Balaban J connectivity index is 1.44. The number of likely N-dealkylation sites (N-methyl/N-ethyl adjacent to an activating group) is 2. The van der Waals surface area contributed by atoms with Crippen LogP contribution in [0.25, 0.3) is 0 Å². The van der Waals surface area contributed by atoms with Gasteiger partial charge < -0.3 is 24.4 Å². The minimum Gasteiger partial charge on any atom is -0.504 e. The summed E-state index contributed by atoms with van der Waals surface area (Å²) in [7, 11) is 5.96. The minimum atomic E-state index is -0.137. The van der Waals surface area contributed by atoms with Crippen LogP contribution in [0.3, 0.4) is 0 Å². The molecule has 2 unspecified atom stereocenters. The summed E-state index contributed by atoms with van der Waals surface area (Å²) in [6.07, 6.45) is 3.35. The van der Waals surface area contributed by atoms with Crippen LogP contribution in [0, 0.1) is 0 Å². The fourth-order valence-electron chi connectivity index (χ4n) is 7.00. The molecule has 0 fully saturated rings. The van der Waals surface area contributed by atoms with Gasteiger partial charge in [-0.2, -0.15) is 0 Å². The molecule has 2 N–H and O–H groups in total. The van der Waals surface area contributed by atoms with E-state index >= 15 is 0 Å². The average molecular weight is 579 g/mol. The van der Waals surface area contributed by atoms with Crippen molar-refractivity contribution < 1.29 is 24.4 Å². The molecular formula is C36H38N2O5. The van der Waals surface area contributed by atoms with Crippen molar-refractivity contribution in [3.63, 3.8) is 0 Å². The summed E-state index contributed by atoms with van der Waals surface area (Å²) in [6, 6.07) is 22.5. The second kappa shape index (κ2) is 11.2. The second-order valence-electron chi connectivity index (χ2n) is 12.0. The number of hydrogen-bond acceptors (Lipinski definition) is 7. The van der Waals surface area contributed by atoms with E-state index in [1.165, 1.54) is 16.7 Å². The fourth-order valence-corrected chi connectivity index (χ4v) is 7.00. The van der Waals surface area contributed by atoms with E-state index in [1.54, 1.807) is 13.2 Å². The number of nitrogens with zero attached hydrogens (tertiary/aromatic N) is 2. The molecule has 222 valence electrons. The Labute approximate surface area is 252 Å². The SMILES string of the molecule is COc1c(CO)cc2c3c1Oc1ccc4c(c1)C(Cc1ccc(cc1)Oc1cc(ccc1O)CC3N(C)CC2)N(C)CC4. The van der Waals surface area contributed by atoms with Crippen LogP contribution in [0.2, 0.25) is 0 Å². The fraction of sp³-hybridized carbons (Fsp3) is 0.333. The van der Waals surface area contributed by atoms with Crippen molar-refractivity contribution in [3.8, 4) is 34.5 Å². The average Bonchev–Trinajstić information content (AvgIpc) is 3.01. The van der Waals surface area contributed by atoms with Crippen LogP contribution in [-0.2, 0) is 32.3 Å². The summed E-state index contributed by atoms with van der Waals surface area (Å²) < 4.78 is 19.0. The van der Waals surface area contributed by atoms with E-state index < -0.39 is 0 Å². The Morgan fingerprint density at radius 3 is 2.26 bits per heavy atom. The Morgan fingerprint density at radius 1 is 0.791 bits per heavy atom. The van der Waals surface area contributed by atoms with Crippen LogP contribution in [-0.4, -0.2) is 54.3 Å². The monoisotopic (exact) mass is 578 g/mol. The predicted octanol–water partition coefficient (Wildman–Crippen LogP) is 6.33. The summed E-state index contributed by atoms with van der Waals surface area (Å²) in [5.74, 6) is 3.21. The standard InChI is InChI=1S/C36H38N2O5/c1-37-14-12-24-7-10-28-20-29(24)30(37)16-22-4-8-27(9-5-22)42-33-18-23(6-11-32(33)40)17-31-34-25(13-15-38(31)2)19-26(21-39)35(41-3)36(34)43-28/h4-11,18-20,30-31,39-40H,12-17,21H2,1-3H3. The number of phenols is 1. The Hall–Kier alpha value is -4.04. The van der Waals surface area contributed by atoms with Crippen LogP contribution >= 0.6 is 0 Å². The molecule has 0 aliphatic carbocycles. The molecule has 4 aromatic carbocycles. The highest BCUT2D eigenvalue weighted by Gasteiger charge is 2.33. The maximum Gasteiger partial charge on any atom is 0.174 e. The molecule has 0 saturated carbocycles. The number of fused-ring (bicyclic) bond motifs is 2. The van der Waals surface area contributed by atoms with E-state index in [-0.39, 0.29) is 24.4 Å². The zero-order chi connectivity index (χ0) is 29.7. The van der Waals surface area contributed by atoms with Gasteiger partial charge in [-0.15, -0.1) is 0 Å². The molecule has 43 heavy (non-hydrogen) atoms. The third kappa shape index (κ3) is 5.12. The number of aliphatic hydroxyl groups is 1. The summed E-state index contributed by atoms with van der Waals surface area (Å²) in [4.78, 5) is 4.76. The van der Waals surface area contributed by atoms with Gasteiger partial charge in [0.15, 0.2) is 23.0 Å². The summed E-state index contributed by atoms with van der Waals surface area (Å²) >= 11 is 0. The second-order valence-corrected chi connectivity index (χ2v) is 12.0. The van der Waals surface area contributed by atoms with Gasteiger partial charge >= 0.3 is 0 Å². The van der Waals surface area contributed by atoms with Gasteiger partial charge in [-0.1, -0.05) is 24.3 Å². The lowest BCUT2D eigenvalue weighted by molar-refractivity contribution is 0.220. The Kier molecular flexibility index (Phi) is 7.25. The molecule has 0 spiro atoms. The molecule has 0 radical (unpaired) electrons. The van der Waals surface area contributed by atoms with Crippen molar-refractivity contribution in [1.82, 2.24) is 9.80 Å². The molecule has 0 amide bonds. The molecule has 4 aromatic rings. The van der Waals surface area contributed by atoms with Crippen molar-refractivity contribution in [2.24, 2.45) is 0 Å². The topological polar surface area (TPSA) is 74.6 Å². The van der Waals surface area contributed by atoms with Gasteiger partial charge in [-0.05, 0) is 110 Å². The maximum absolute atomic E-state index is 10.7. The predicted molar refractivity (Wildman–Crippen MR) is 166 cm³/mol. The molecule has 0 saturated heterocycles. The number of methoxy groups -OCH3 is 1. The first-order valence-electron chi connectivity index (χ1n) is 15.0. The highest BCUT2D eigenvalue weighted by molar-refractivity contribution is 5.60. The van der Waals surface area contributed by atoms with Gasteiger partial charge in [-0.3, -0.25) is 9.80 Å². The van der Waals surface area contributed by atoms with E-state index in [2.05, 4.69) is 60.3 Å². The quantitative estimate of drug-likeness (QED) is 0.288. The number of benzene rings is 4. The molecule has 7 nitrogen and oxygen atoms in total. The van der Waals surface area contributed by atoms with Gasteiger partial charge in [-0.25, -0.2) is 0 Å². The highest BCUT2D eigenvalue weighted by Crippen LogP contribution is 2.48. The number of rotatable bonds is 2. The smallest absolute Gasteiger partial charge is 0.174 e. The van der Waals surface area contributed by atoms with E-state index in [0.29, 0.717) is 29.4 Å². The molecule has 2 atom stereocenters. The van der Waals surface area contributed by atoms with Crippen LogP contribution in [0.1, 0.15) is 51.0 Å². The van der Waals surface area contributed by atoms with Gasteiger partial charge in [0.2, 0.25) is 0 Å². The molecule has 7 heteroatoms. The third-order valence-electron chi connectivity index (χ3n) is 9.41. The first-order valence-corrected chi connectivity index (χ1v) is 15.0. The van der Waals surface area contributed by atoms with E-state index in [0.717, 1.165) is 60.4 Å². The lowest BCUT2D eigenvalue weighted by atomic mass is 9.86. The number of hydrogen-bond donors (Lipinski definition) is 2. The van der Waals surface area contributed by atoms with Crippen LogP contribution < -0.4 is 14.2 Å². The maximum atomic E-state index is 10.7. The van der Waals surface area contributed by atoms with Crippen molar-refractivity contribution >= 4 is 0 Å². The molecule has 6 bridgehead atoms. The molecule has 4 aliphatic rings. The summed E-state index contributed by atoms with van der Waals surface area (Å²) in [5.41, 5.74) is 7.80. The zero-order valence-electron chi connectivity index (χ0n) is 25.0. The normalized spacial score (nSPS) is 19.9. The van der Waals surface area contributed by atoms with E-state index in [9.17, 15) is 10.2 Å². The van der Waals surface area contributed by atoms with Crippen molar-refractivity contribution in [1.29, 1.82) is 0 Å². The summed E-state index contributed by atoms with van der Waals surface area (Å²) in [5, 5.41) is 21.0. The van der Waals surface area contributed by atoms with Gasteiger partial charge in [0.25, 0.3) is 0 Å². The Bertz CT molecular complexity index is 1670. The van der Waals surface area contributed by atoms with Crippen LogP contribution in [0.4, 0.5) is 0 Å². The van der Waals surface area contributed by atoms with Gasteiger partial charge in [0.1, 0.15) is 11.5 Å². The number of aromatic hydroxyl groups is 1. The largest absolute Gasteiger partial charge is 0.504 e. The van der Waals surface area contributed by atoms with Gasteiger partial charge in [0.05, 0.1) is 13.7 Å². The van der Waals surface area contributed by atoms with Crippen LogP contribution in [0.15, 0.2) is 66.7 Å². The van der Waals surface area contributed by atoms with Crippen molar-refractivity contribution in [2.45, 2.75) is 44.4 Å². The lowest BCUT2D eigenvalue weighted by Gasteiger charge is -2.37. The lowest BCUT2D eigenvalue weighted by Crippen LogP contribution is -2.34. The number of aliphatic hydroxyl groups excluding tert-OH is 1. The zero-order valence-corrected chi connectivity index (χ0v) is 25.0.